The van der Waals surface area contributed by atoms with Gasteiger partial charge in [0.2, 0.25) is 0 Å². The Morgan fingerprint density at radius 2 is 1.60 bits per heavy atom. The molecule has 0 rings (SSSR count). The number of hydrogen-bond acceptors (Lipinski definition) is 2. The largest absolute Gasteiger partial charge is 0.328 e. The van der Waals surface area contributed by atoms with Gasteiger partial charge in [-0.05, 0) is 38.5 Å². The van der Waals surface area contributed by atoms with Crippen molar-refractivity contribution < 1.29 is 0 Å². The molecule has 0 radical (unpaired) electrons. The molecule has 0 aromatic carbocycles. The highest BCUT2D eigenvalue weighted by Gasteiger charge is 2.08. The van der Waals surface area contributed by atoms with Crippen LogP contribution in [0.2, 0.25) is 0 Å². The first kappa shape index (κ1) is 14.9. The predicted octanol–water partition coefficient (Wildman–Crippen LogP) is 3.05. The maximum atomic E-state index is 6.06. The highest BCUT2D eigenvalue weighted by atomic mass is 14.6. The van der Waals surface area contributed by atoms with Crippen LogP contribution in [0, 0.1) is 5.92 Å². The normalized spacial score (nSPS) is 17.4. The molecule has 0 aromatic heterocycles. The second kappa shape index (κ2) is 9.17. The number of unbranched alkanes of at least 4 members (excludes halogenated alkanes) is 2. The van der Waals surface area contributed by atoms with Gasteiger partial charge in [0.1, 0.15) is 0 Å². The lowest BCUT2D eigenvalue weighted by Gasteiger charge is -2.17. The van der Waals surface area contributed by atoms with E-state index in [4.69, 9.17) is 11.5 Å². The van der Waals surface area contributed by atoms with E-state index in [2.05, 4.69) is 20.8 Å². The van der Waals surface area contributed by atoms with Gasteiger partial charge in [-0.1, -0.05) is 33.1 Å². The van der Waals surface area contributed by atoms with Crippen LogP contribution in [0.3, 0.4) is 0 Å². The first-order valence-corrected chi connectivity index (χ1v) is 6.57. The molecule has 4 N–H and O–H groups in total. The second-order valence-corrected chi connectivity index (χ2v) is 5.15. The maximum absolute atomic E-state index is 6.06. The molecule has 15 heavy (non-hydrogen) atoms. The van der Waals surface area contributed by atoms with E-state index < -0.39 is 0 Å². The van der Waals surface area contributed by atoms with Crippen molar-refractivity contribution in [1.29, 1.82) is 0 Å². The van der Waals surface area contributed by atoms with Crippen molar-refractivity contribution in [3.05, 3.63) is 0 Å². The van der Waals surface area contributed by atoms with Gasteiger partial charge in [-0.25, -0.2) is 0 Å². The molecule has 3 unspecified atom stereocenters. The van der Waals surface area contributed by atoms with Gasteiger partial charge >= 0.3 is 0 Å². The fourth-order valence-corrected chi connectivity index (χ4v) is 2.05. The standard InChI is InChI=1S/C13H30N2/c1-4-5-6-7-13(15)9-8-11(2)10-12(3)14/h11-13H,4-10,14-15H2,1-3H3. The predicted molar refractivity (Wildman–Crippen MR) is 68.8 cm³/mol. The van der Waals surface area contributed by atoms with E-state index in [-0.39, 0.29) is 0 Å². The third kappa shape index (κ3) is 10.2. The average molecular weight is 214 g/mol. The Balaban J connectivity index is 3.39. The van der Waals surface area contributed by atoms with Crippen molar-refractivity contribution in [2.45, 2.75) is 77.8 Å². The van der Waals surface area contributed by atoms with E-state index in [0.29, 0.717) is 12.1 Å². The summed E-state index contributed by atoms with van der Waals surface area (Å²) in [4.78, 5) is 0. The molecule has 0 aliphatic rings. The summed E-state index contributed by atoms with van der Waals surface area (Å²) < 4.78 is 0. The molecule has 0 saturated carbocycles. The zero-order valence-corrected chi connectivity index (χ0v) is 10.8. The van der Waals surface area contributed by atoms with Gasteiger partial charge in [0.15, 0.2) is 0 Å². The van der Waals surface area contributed by atoms with Crippen LogP contribution in [-0.2, 0) is 0 Å². The minimum Gasteiger partial charge on any atom is -0.328 e. The van der Waals surface area contributed by atoms with Crippen LogP contribution in [-0.4, -0.2) is 12.1 Å². The van der Waals surface area contributed by atoms with Crippen LogP contribution in [0.1, 0.15) is 65.7 Å². The summed E-state index contributed by atoms with van der Waals surface area (Å²) in [6.45, 7) is 6.59. The summed E-state index contributed by atoms with van der Waals surface area (Å²) in [5.74, 6) is 0.724. The molecule has 2 heteroatoms. The average Bonchev–Trinajstić information content (AvgIpc) is 2.14. The molecule has 2 nitrogen and oxygen atoms in total. The van der Waals surface area contributed by atoms with E-state index >= 15 is 0 Å². The Bertz CT molecular complexity index is 134. The van der Waals surface area contributed by atoms with Crippen LogP contribution in [0.4, 0.5) is 0 Å². The Kier molecular flexibility index (Phi) is 9.12. The van der Waals surface area contributed by atoms with E-state index in [1.54, 1.807) is 0 Å². The van der Waals surface area contributed by atoms with Crippen LogP contribution >= 0.6 is 0 Å². The molecule has 0 fully saturated rings. The van der Waals surface area contributed by atoms with Crippen molar-refractivity contribution in [3.8, 4) is 0 Å². The van der Waals surface area contributed by atoms with Crippen molar-refractivity contribution in [2.75, 3.05) is 0 Å². The molecule has 0 aliphatic carbocycles. The monoisotopic (exact) mass is 214 g/mol. The Hall–Kier alpha value is -0.0800. The molecule has 0 aliphatic heterocycles. The highest BCUT2D eigenvalue weighted by molar-refractivity contribution is 4.66. The SMILES string of the molecule is CCCCCC(N)CCC(C)CC(C)N. The molecule has 92 valence electrons. The first-order chi connectivity index (χ1) is 7.06. The van der Waals surface area contributed by atoms with Gasteiger partial charge in [-0.15, -0.1) is 0 Å². The lowest BCUT2D eigenvalue weighted by atomic mass is 9.94. The van der Waals surface area contributed by atoms with Crippen molar-refractivity contribution in [1.82, 2.24) is 0 Å². The van der Waals surface area contributed by atoms with Gasteiger partial charge in [-0.2, -0.15) is 0 Å². The Morgan fingerprint density at radius 3 is 2.13 bits per heavy atom. The van der Waals surface area contributed by atoms with Crippen molar-refractivity contribution in [2.24, 2.45) is 17.4 Å². The van der Waals surface area contributed by atoms with E-state index in [1.807, 2.05) is 0 Å². The summed E-state index contributed by atoms with van der Waals surface area (Å²) in [6.07, 6.45) is 8.61. The van der Waals surface area contributed by atoms with Gasteiger partial charge < -0.3 is 11.5 Å². The molecule has 0 spiro atoms. The van der Waals surface area contributed by atoms with Gasteiger partial charge in [0.25, 0.3) is 0 Å². The molecule has 0 heterocycles. The first-order valence-electron chi connectivity index (χ1n) is 6.57. The quantitative estimate of drug-likeness (QED) is 0.580. The third-order valence-electron chi connectivity index (χ3n) is 2.98. The molecule has 0 aromatic rings. The number of rotatable bonds is 9. The molecular formula is C13H30N2. The minimum absolute atomic E-state index is 0.330. The second-order valence-electron chi connectivity index (χ2n) is 5.15. The number of hydrogen-bond donors (Lipinski definition) is 2. The Labute approximate surface area is 95.8 Å². The highest BCUT2D eigenvalue weighted by Crippen LogP contribution is 2.15. The maximum Gasteiger partial charge on any atom is 0.00389 e. The van der Waals surface area contributed by atoms with Gasteiger partial charge in [0, 0.05) is 12.1 Å². The molecule has 3 atom stereocenters. The van der Waals surface area contributed by atoms with Crippen molar-refractivity contribution >= 4 is 0 Å². The zero-order chi connectivity index (χ0) is 11.7. The topological polar surface area (TPSA) is 52.0 Å². The zero-order valence-electron chi connectivity index (χ0n) is 10.8. The van der Waals surface area contributed by atoms with Gasteiger partial charge in [-0.3, -0.25) is 0 Å². The summed E-state index contributed by atoms with van der Waals surface area (Å²) in [5.41, 5.74) is 11.8. The summed E-state index contributed by atoms with van der Waals surface area (Å²) in [5, 5.41) is 0. The van der Waals surface area contributed by atoms with Crippen LogP contribution in [0.15, 0.2) is 0 Å². The molecule has 0 bridgehead atoms. The molecular weight excluding hydrogens is 184 g/mol. The van der Waals surface area contributed by atoms with Gasteiger partial charge in [0.05, 0.1) is 0 Å². The van der Waals surface area contributed by atoms with Crippen LogP contribution in [0.5, 0.6) is 0 Å². The summed E-state index contributed by atoms with van der Waals surface area (Å²) in [7, 11) is 0. The minimum atomic E-state index is 0.330. The summed E-state index contributed by atoms with van der Waals surface area (Å²) in [6, 6.07) is 0.739. The Morgan fingerprint density at radius 1 is 0.933 bits per heavy atom. The molecule has 0 saturated heterocycles. The van der Waals surface area contributed by atoms with E-state index in [1.165, 1.54) is 32.1 Å². The van der Waals surface area contributed by atoms with E-state index in [9.17, 15) is 0 Å². The smallest absolute Gasteiger partial charge is 0.00389 e. The van der Waals surface area contributed by atoms with Crippen LogP contribution < -0.4 is 11.5 Å². The van der Waals surface area contributed by atoms with Crippen molar-refractivity contribution in [3.63, 3.8) is 0 Å². The summed E-state index contributed by atoms with van der Waals surface area (Å²) >= 11 is 0. The molecule has 0 amide bonds. The third-order valence-corrected chi connectivity index (χ3v) is 2.98. The lowest BCUT2D eigenvalue weighted by molar-refractivity contribution is 0.405. The number of nitrogens with two attached hydrogens (primary N) is 2. The van der Waals surface area contributed by atoms with E-state index in [0.717, 1.165) is 18.8 Å². The lowest BCUT2D eigenvalue weighted by Crippen LogP contribution is -2.23. The van der Waals surface area contributed by atoms with Crippen LogP contribution in [0.25, 0.3) is 0 Å². The fourth-order valence-electron chi connectivity index (χ4n) is 2.05. The fraction of sp³-hybridized carbons (Fsp3) is 1.00.